The van der Waals surface area contributed by atoms with E-state index < -0.39 is 11.5 Å². The molecule has 0 aliphatic rings. The molecule has 0 radical (unpaired) electrons. The molecule has 9 aromatic rings. The number of para-hydroxylation sites is 4. The predicted molar refractivity (Wildman–Crippen MR) is 301 cm³/mol. The van der Waals surface area contributed by atoms with Gasteiger partial charge in [-0.3, -0.25) is 9.97 Å². The maximum absolute atomic E-state index is 11.8. The van der Waals surface area contributed by atoms with Crippen molar-refractivity contribution in [3.8, 4) is 11.5 Å². The van der Waals surface area contributed by atoms with Crippen molar-refractivity contribution < 1.29 is 43.8 Å². The summed E-state index contributed by atoms with van der Waals surface area (Å²) in [5, 5.41) is 41.0. The van der Waals surface area contributed by atoms with Crippen LogP contribution < -0.4 is 31.5 Å². The van der Waals surface area contributed by atoms with E-state index in [-0.39, 0.29) is 57.7 Å². The molecule has 74 heavy (non-hydrogen) atoms. The summed E-state index contributed by atoms with van der Waals surface area (Å²) < 4.78 is 0. The molecule has 9 rings (SSSR count). The van der Waals surface area contributed by atoms with Gasteiger partial charge in [0, 0.05) is 22.7 Å². The Hall–Kier alpha value is -6.83. The second kappa shape index (κ2) is 26.4. The first kappa shape index (κ1) is 58.1. The third-order valence-corrected chi connectivity index (χ3v) is 13.6. The van der Waals surface area contributed by atoms with Crippen LogP contribution in [0.2, 0.25) is 0 Å². The molecule has 0 saturated carbocycles. The molecule has 0 saturated heterocycles. The molecule has 7 aromatic carbocycles. The van der Waals surface area contributed by atoms with Crippen LogP contribution in [0.4, 0.5) is 22.7 Å². The Morgan fingerprint density at radius 2 is 0.473 bits per heavy atom. The van der Waals surface area contributed by atoms with E-state index in [4.69, 9.17) is 9.97 Å². The Morgan fingerprint density at radius 3 is 0.689 bits per heavy atom. The van der Waals surface area contributed by atoms with Crippen LogP contribution in [0.5, 0.6) is 11.5 Å². The fourth-order valence-corrected chi connectivity index (χ4v) is 9.31. The summed E-state index contributed by atoms with van der Waals surface area (Å²) in [7, 11) is 0. The fourth-order valence-electron chi connectivity index (χ4n) is 9.31. The molecule has 4 N–H and O–H groups in total. The number of aromatic nitrogens is 2. The standard InChI is InChI=1S/2C25H31N3.C14H10O2.2Co/c2*1-16-10-7-11-17(2)24(16)26-20(5)22-14-9-15-23(28-22)21(6)27-25-18(3)12-8-13-19(25)4;15-13-11-7-3-1-5-9(11)10-6-2-4-8-12(10)14(13)16;;/h2*7-15,20-21,26-27H,1-6H3;1-8,15-16H;;/q;;;2*+1/p-2. The number of hydrogen-bond donors (Lipinski definition) is 4. The van der Waals surface area contributed by atoms with Crippen molar-refractivity contribution in [2.75, 3.05) is 21.3 Å². The van der Waals surface area contributed by atoms with Gasteiger partial charge in [0.1, 0.15) is 0 Å². The molecular formula is C64H70Co2N6O2. The van der Waals surface area contributed by atoms with Gasteiger partial charge in [-0.15, -0.1) is 11.5 Å². The van der Waals surface area contributed by atoms with Gasteiger partial charge in [0.05, 0.1) is 46.9 Å². The van der Waals surface area contributed by atoms with Crippen LogP contribution in [0.25, 0.3) is 21.5 Å². The number of nitrogens with zero attached hydrogens (tertiary/aromatic N) is 2. The number of fused-ring (bicyclic) bond motifs is 3. The Bertz CT molecular complexity index is 2870. The molecule has 0 fully saturated rings. The van der Waals surface area contributed by atoms with E-state index in [1.807, 2.05) is 24.3 Å². The van der Waals surface area contributed by atoms with E-state index in [1.165, 1.54) is 67.3 Å². The van der Waals surface area contributed by atoms with Gasteiger partial charge in [-0.05, 0) is 173 Å². The maximum Gasteiger partial charge on any atom is 1.00 e. The number of anilines is 4. The largest absolute Gasteiger partial charge is 1.00 e. The summed E-state index contributed by atoms with van der Waals surface area (Å²) in [5.74, 6) is -0.816. The van der Waals surface area contributed by atoms with E-state index in [0.717, 1.165) is 33.5 Å². The normalized spacial score (nSPS) is 12.3. The van der Waals surface area contributed by atoms with Crippen LogP contribution in [0, 0.1) is 55.4 Å². The van der Waals surface area contributed by atoms with E-state index in [9.17, 15) is 10.2 Å². The zero-order chi connectivity index (χ0) is 51.6. The minimum Gasteiger partial charge on any atom is -0.872 e. The van der Waals surface area contributed by atoms with Gasteiger partial charge in [0.25, 0.3) is 0 Å². The van der Waals surface area contributed by atoms with Crippen LogP contribution in [0.1, 0.15) is 119 Å². The van der Waals surface area contributed by atoms with Gasteiger partial charge >= 0.3 is 33.6 Å². The molecule has 2 aromatic heterocycles. The van der Waals surface area contributed by atoms with Gasteiger partial charge in [-0.2, -0.15) is 0 Å². The summed E-state index contributed by atoms with van der Waals surface area (Å²) in [4.78, 5) is 9.92. The number of aryl methyl sites for hydroxylation is 8. The zero-order valence-electron chi connectivity index (χ0n) is 44.7. The SMILES string of the molecule is Cc1cccc(C)c1NC(C)c1cccc(C(C)Nc2c(C)cccc2C)n1.Cc1cccc(C)c1NC(C)c1cccc(C(C)Nc2c(C)cccc2C)n1.[Co+].[Co+].[O-]c1c([O-])c2ccccc2c2ccccc12. The fraction of sp³-hybridized carbons (Fsp3) is 0.250. The molecule has 0 spiro atoms. The van der Waals surface area contributed by atoms with Gasteiger partial charge in [-0.25, -0.2) is 0 Å². The van der Waals surface area contributed by atoms with Crippen molar-refractivity contribution in [2.45, 2.75) is 107 Å². The van der Waals surface area contributed by atoms with Gasteiger partial charge in [0.15, 0.2) is 0 Å². The average Bonchev–Trinajstić information content (AvgIpc) is 3.38. The summed E-state index contributed by atoms with van der Waals surface area (Å²) in [6.45, 7) is 25.8. The summed E-state index contributed by atoms with van der Waals surface area (Å²) >= 11 is 0. The van der Waals surface area contributed by atoms with Crippen molar-refractivity contribution in [1.82, 2.24) is 9.97 Å². The van der Waals surface area contributed by atoms with E-state index in [2.05, 4.69) is 214 Å². The Kier molecular flexibility index (Phi) is 20.7. The monoisotopic (exact) mass is 1070 g/mol. The van der Waals surface area contributed by atoms with E-state index in [0.29, 0.717) is 10.8 Å². The summed E-state index contributed by atoms with van der Waals surface area (Å²) in [5.41, 5.74) is 19.1. The molecule has 0 aliphatic carbocycles. The third-order valence-electron chi connectivity index (χ3n) is 13.6. The zero-order valence-corrected chi connectivity index (χ0v) is 46.8. The molecule has 10 heteroatoms. The molecule has 0 bridgehead atoms. The quantitative estimate of drug-likeness (QED) is 0.0893. The summed E-state index contributed by atoms with van der Waals surface area (Å²) in [6, 6.07) is 53.1. The smallest absolute Gasteiger partial charge is 0.872 e. The minimum atomic E-state index is -0.408. The number of hydrogen-bond acceptors (Lipinski definition) is 8. The van der Waals surface area contributed by atoms with Gasteiger partial charge in [0.2, 0.25) is 0 Å². The van der Waals surface area contributed by atoms with Crippen LogP contribution in [0.15, 0.2) is 158 Å². The van der Waals surface area contributed by atoms with Crippen LogP contribution in [-0.2, 0) is 33.6 Å². The van der Waals surface area contributed by atoms with Gasteiger partial charge < -0.3 is 31.5 Å². The molecule has 0 amide bonds. The topological polar surface area (TPSA) is 120 Å². The second-order valence-corrected chi connectivity index (χ2v) is 19.3. The van der Waals surface area contributed by atoms with Crippen molar-refractivity contribution in [3.05, 3.63) is 225 Å². The molecule has 0 aliphatic heterocycles. The molecule has 4 atom stereocenters. The minimum absolute atomic E-state index is 0. The van der Waals surface area contributed by atoms with Crippen molar-refractivity contribution in [3.63, 3.8) is 0 Å². The average molecular weight is 1070 g/mol. The molecule has 386 valence electrons. The Balaban J connectivity index is 0.000000210. The van der Waals surface area contributed by atoms with Crippen LogP contribution >= 0.6 is 0 Å². The predicted octanol–water partition coefficient (Wildman–Crippen LogP) is 15.5. The first-order chi connectivity index (χ1) is 34.5. The van der Waals surface area contributed by atoms with Crippen molar-refractivity contribution in [1.29, 1.82) is 0 Å². The molecular weight excluding hydrogens is 1000 g/mol. The van der Waals surface area contributed by atoms with E-state index in [1.54, 1.807) is 24.3 Å². The van der Waals surface area contributed by atoms with Gasteiger partial charge in [-0.1, -0.05) is 133 Å². The first-order valence-corrected chi connectivity index (χ1v) is 25.0. The number of pyridine rings is 2. The van der Waals surface area contributed by atoms with E-state index >= 15 is 0 Å². The van der Waals surface area contributed by atoms with Crippen molar-refractivity contribution >= 4 is 44.3 Å². The van der Waals surface area contributed by atoms with Crippen LogP contribution in [0.3, 0.4) is 0 Å². The maximum atomic E-state index is 11.8. The van der Waals surface area contributed by atoms with Crippen LogP contribution in [-0.4, -0.2) is 9.97 Å². The number of nitrogens with one attached hydrogen (secondary N) is 4. The second-order valence-electron chi connectivity index (χ2n) is 19.3. The first-order valence-electron chi connectivity index (χ1n) is 25.0. The third kappa shape index (κ3) is 13.9. The molecule has 4 unspecified atom stereocenters. The molecule has 8 nitrogen and oxygen atoms in total. The summed E-state index contributed by atoms with van der Waals surface area (Å²) in [6.07, 6.45) is 0. The Labute approximate surface area is 460 Å². The Morgan fingerprint density at radius 1 is 0.284 bits per heavy atom. The number of rotatable bonds is 12. The molecule has 2 heterocycles. The number of benzene rings is 7. The van der Waals surface area contributed by atoms with Crippen molar-refractivity contribution in [2.24, 2.45) is 0 Å².